The Morgan fingerprint density at radius 2 is 2.25 bits per heavy atom. The molecule has 16 heavy (non-hydrogen) atoms. The van der Waals surface area contributed by atoms with Gasteiger partial charge in [-0.25, -0.2) is 4.98 Å². The van der Waals surface area contributed by atoms with Crippen molar-refractivity contribution in [3.05, 3.63) is 18.2 Å². The number of hydrogen-bond acceptors (Lipinski definition) is 2. The Bertz CT molecular complexity index is 326. The third-order valence-corrected chi connectivity index (χ3v) is 3.44. The zero-order chi connectivity index (χ0) is 11.5. The van der Waals surface area contributed by atoms with Crippen LogP contribution in [0.25, 0.3) is 0 Å². The van der Waals surface area contributed by atoms with E-state index in [0.29, 0.717) is 12.0 Å². The Balaban J connectivity index is 2.03. The minimum atomic E-state index is 0.582. The summed E-state index contributed by atoms with van der Waals surface area (Å²) in [4.78, 5) is 4.29. The lowest BCUT2D eigenvalue weighted by atomic mass is 10.0. The molecule has 1 fully saturated rings. The number of rotatable bonds is 6. The maximum Gasteiger partial charge on any atom is 0.0951 e. The average molecular weight is 221 g/mol. The van der Waals surface area contributed by atoms with Crippen LogP contribution in [-0.2, 0) is 6.54 Å². The van der Waals surface area contributed by atoms with Crippen LogP contribution >= 0.6 is 0 Å². The van der Waals surface area contributed by atoms with Crippen molar-refractivity contribution >= 4 is 0 Å². The molecule has 0 bridgehead atoms. The Labute approximate surface area is 98.3 Å². The van der Waals surface area contributed by atoms with Gasteiger partial charge in [-0.1, -0.05) is 20.8 Å². The van der Waals surface area contributed by atoms with Crippen LogP contribution in [-0.4, -0.2) is 15.6 Å². The number of nitrogens with zero attached hydrogens (tertiary/aromatic N) is 2. The van der Waals surface area contributed by atoms with Gasteiger partial charge in [-0.2, -0.15) is 0 Å². The molecule has 1 aliphatic rings. The second-order valence-corrected chi connectivity index (χ2v) is 5.17. The number of aromatic nitrogens is 2. The zero-order valence-electron chi connectivity index (χ0n) is 10.6. The average Bonchev–Trinajstić information content (AvgIpc) is 2.97. The predicted octanol–water partition coefficient (Wildman–Crippen LogP) is 2.74. The van der Waals surface area contributed by atoms with Gasteiger partial charge in [0, 0.05) is 24.8 Å². The van der Waals surface area contributed by atoms with Crippen LogP contribution < -0.4 is 5.32 Å². The lowest BCUT2D eigenvalue weighted by molar-refractivity contribution is 0.354. The molecule has 3 heteroatoms. The van der Waals surface area contributed by atoms with Crippen LogP contribution in [0, 0.1) is 5.92 Å². The first-order chi connectivity index (χ1) is 7.72. The second-order valence-electron chi connectivity index (χ2n) is 5.17. The van der Waals surface area contributed by atoms with Gasteiger partial charge in [-0.3, -0.25) is 0 Å². The largest absolute Gasteiger partial charge is 0.330 e. The third-order valence-electron chi connectivity index (χ3n) is 3.44. The van der Waals surface area contributed by atoms with E-state index in [-0.39, 0.29) is 0 Å². The molecular formula is C13H23N3. The van der Waals surface area contributed by atoms with Crippen molar-refractivity contribution in [2.24, 2.45) is 5.92 Å². The maximum atomic E-state index is 4.29. The van der Waals surface area contributed by atoms with Crippen molar-refractivity contribution in [2.75, 3.05) is 0 Å². The minimum absolute atomic E-state index is 0.582. The molecule has 0 spiro atoms. The van der Waals surface area contributed by atoms with Gasteiger partial charge in [-0.15, -0.1) is 0 Å². The van der Waals surface area contributed by atoms with Gasteiger partial charge in [0.25, 0.3) is 0 Å². The molecule has 1 aromatic rings. The highest BCUT2D eigenvalue weighted by Gasteiger charge is 2.21. The highest BCUT2D eigenvalue weighted by Crippen LogP contribution is 2.24. The molecule has 1 heterocycles. The van der Waals surface area contributed by atoms with Crippen molar-refractivity contribution in [2.45, 2.75) is 58.7 Å². The van der Waals surface area contributed by atoms with E-state index in [1.165, 1.54) is 25.0 Å². The molecule has 0 amide bonds. The van der Waals surface area contributed by atoms with Crippen molar-refractivity contribution in [1.82, 2.24) is 14.9 Å². The van der Waals surface area contributed by atoms with Crippen LogP contribution in [0.5, 0.6) is 0 Å². The molecule has 3 nitrogen and oxygen atoms in total. The van der Waals surface area contributed by atoms with E-state index in [1.54, 1.807) is 0 Å². The van der Waals surface area contributed by atoms with E-state index in [0.717, 1.165) is 12.6 Å². The van der Waals surface area contributed by atoms with Crippen LogP contribution in [0.15, 0.2) is 12.5 Å². The molecule has 1 N–H and O–H groups in total. The molecule has 1 aromatic heterocycles. The third kappa shape index (κ3) is 2.64. The quantitative estimate of drug-likeness (QED) is 0.800. The highest BCUT2D eigenvalue weighted by atomic mass is 15.1. The summed E-state index contributed by atoms with van der Waals surface area (Å²) >= 11 is 0. The Hall–Kier alpha value is -0.830. The fourth-order valence-electron chi connectivity index (χ4n) is 2.29. The smallest absolute Gasteiger partial charge is 0.0951 e. The standard InChI is InChI=1S/C13H23N3/c1-4-13(10(2)3)16-9-14-7-12(16)8-15-11-5-6-11/h7,9-11,13,15H,4-6,8H2,1-3H3. The van der Waals surface area contributed by atoms with Gasteiger partial charge in [-0.05, 0) is 25.2 Å². The predicted molar refractivity (Wildman–Crippen MR) is 66.3 cm³/mol. The summed E-state index contributed by atoms with van der Waals surface area (Å²) in [5.41, 5.74) is 1.33. The van der Waals surface area contributed by atoms with E-state index < -0.39 is 0 Å². The van der Waals surface area contributed by atoms with Crippen molar-refractivity contribution in [1.29, 1.82) is 0 Å². The lowest BCUT2D eigenvalue weighted by Crippen LogP contribution is -2.21. The van der Waals surface area contributed by atoms with Gasteiger partial charge in [0.05, 0.1) is 12.0 Å². The van der Waals surface area contributed by atoms with Gasteiger partial charge >= 0.3 is 0 Å². The van der Waals surface area contributed by atoms with Crippen molar-refractivity contribution in [3.8, 4) is 0 Å². The van der Waals surface area contributed by atoms with Crippen LogP contribution in [0.3, 0.4) is 0 Å². The van der Waals surface area contributed by atoms with E-state index >= 15 is 0 Å². The summed E-state index contributed by atoms with van der Waals surface area (Å²) in [6.07, 6.45) is 7.84. The normalized spacial score (nSPS) is 18.0. The van der Waals surface area contributed by atoms with E-state index in [2.05, 4.69) is 35.6 Å². The molecule has 0 saturated heterocycles. The summed E-state index contributed by atoms with van der Waals surface area (Å²) in [5.74, 6) is 0.666. The monoisotopic (exact) mass is 221 g/mol. The van der Waals surface area contributed by atoms with Crippen molar-refractivity contribution in [3.63, 3.8) is 0 Å². The first kappa shape index (κ1) is 11.6. The number of hydrogen-bond donors (Lipinski definition) is 1. The van der Waals surface area contributed by atoms with Crippen LogP contribution in [0.1, 0.15) is 51.8 Å². The number of nitrogens with one attached hydrogen (secondary N) is 1. The van der Waals surface area contributed by atoms with Crippen LogP contribution in [0.2, 0.25) is 0 Å². The fraction of sp³-hybridized carbons (Fsp3) is 0.769. The summed E-state index contributed by atoms with van der Waals surface area (Å²) in [6, 6.07) is 1.35. The van der Waals surface area contributed by atoms with Gasteiger partial charge in [0.2, 0.25) is 0 Å². The highest BCUT2D eigenvalue weighted by molar-refractivity contribution is 5.01. The summed E-state index contributed by atoms with van der Waals surface area (Å²) in [5, 5.41) is 3.56. The summed E-state index contributed by atoms with van der Waals surface area (Å²) in [7, 11) is 0. The molecule has 2 rings (SSSR count). The molecule has 0 aliphatic heterocycles. The Kier molecular flexibility index (Phi) is 3.64. The first-order valence-corrected chi connectivity index (χ1v) is 6.46. The fourth-order valence-corrected chi connectivity index (χ4v) is 2.29. The minimum Gasteiger partial charge on any atom is -0.330 e. The molecule has 90 valence electrons. The summed E-state index contributed by atoms with van der Waals surface area (Å²) < 4.78 is 2.35. The van der Waals surface area contributed by atoms with E-state index in [4.69, 9.17) is 0 Å². The molecule has 1 atom stereocenters. The summed E-state index contributed by atoms with van der Waals surface area (Å²) in [6.45, 7) is 7.79. The number of imidazole rings is 1. The molecule has 1 aliphatic carbocycles. The Morgan fingerprint density at radius 3 is 2.81 bits per heavy atom. The topological polar surface area (TPSA) is 29.9 Å². The molecule has 0 aromatic carbocycles. The van der Waals surface area contributed by atoms with Crippen molar-refractivity contribution < 1.29 is 0 Å². The lowest BCUT2D eigenvalue weighted by Gasteiger charge is -2.23. The zero-order valence-corrected chi connectivity index (χ0v) is 10.6. The molecule has 0 radical (unpaired) electrons. The van der Waals surface area contributed by atoms with Crippen LogP contribution in [0.4, 0.5) is 0 Å². The molecule has 1 unspecified atom stereocenters. The van der Waals surface area contributed by atoms with Gasteiger partial charge < -0.3 is 9.88 Å². The maximum absolute atomic E-state index is 4.29. The Morgan fingerprint density at radius 1 is 1.50 bits per heavy atom. The second kappa shape index (κ2) is 5.00. The molecular weight excluding hydrogens is 198 g/mol. The SMILES string of the molecule is CCC(C(C)C)n1cncc1CNC1CC1. The van der Waals surface area contributed by atoms with E-state index in [9.17, 15) is 0 Å². The molecule has 1 saturated carbocycles. The van der Waals surface area contributed by atoms with Gasteiger partial charge in [0.1, 0.15) is 0 Å². The first-order valence-electron chi connectivity index (χ1n) is 6.46. The van der Waals surface area contributed by atoms with E-state index in [1.807, 2.05) is 12.5 Å². The van der Waals surface area contributed by atoms with Gasteiger partial charge in [0.15, 0.2) is 0 Å².